The lowest BCUT2D eigenvalue weighted by Gasteiger charge is -2.34. The van der Waals surface area contributed by atoms with Crippen molar-refractivity contribution in [3.8, 4) is 0 Å². The lowest BCUT2D eigenvalue weighted by molar-refractivity contribution is -0.384. The molecule has 0 aromatic heterocycles. The number of non-ortho nitro benzene ring substituents is 1. The summed E-state index contributed by atoms with van der Waals surface area (Å²) in [6.45, 7) is 1.52. The van der Waals surface area contributed by atoms with E-state index in [1.54, 1.807) is 6.07 Å². The van der Waals surface area contributed by atoms with Gasteiger partial charge in [-0.15, -0.1) is 0 Å². The highest BCUT2D eigenvalue weighted by Crippen LogP contribution is 2.30. The van der Waals surface area contributed by atoms with Crippen molar-refractivity contribution >= 4 is 23.2 Å². The molecule has 2 amide bonds. The van der Waals surface area contributed by atoms with Gasteiger partial charge in [0.2, 0.25) is 11.8 Å². The standard InChI is InChI=1S/C19H23N3O4/c23-18(20-14-7-6-8-15(13-14)22(25)26)16-9-2-3-10-17(16)19(24)21-11-4-1-5-12-21/h2-3,6-8,13,16-17H,1,4-5,9-12H2,(H,20,23)/t16-,17+/m0/s1. The maximum Gasteiger partial charge on any atom is 0.271 e. The van der Waals surface area contributed by atoms with Gasteiger partial charge in [-0.2, -0.15) is 0 Å². The molecule has 138 valence electrons. The predicted octanol–water partition coefficient (Wildman–Crippen LogP) is 3.13. The molecule has 26 heavy (non-hydrogen) atoms. The molecule has 2 aliphatic rings. The zero-order chi connectivity index (χ0) is 18.5. The third-order valence-corrected chi connectivity index (χ3v) is 5.08. The van der Waals surface area contributed by atoms with E-state index < -0.39 is 10.8 Å². The van der Waals surface area contributed by atoms with Gasteiger partial charge in [0.05, 0.1) is 16.8 Å². The van der Waals surface area contributed by atoms with Gasteiger partial charge in [0, 0.05) is 30.9 Å². The molecule has 1 aromatic carbocycles. The second-order valence-corrected chi connectivity index (χ2v) is 6.84. The van der Waals surface area contributed by atoms with E-state index in [1.165, 1.54) is 18.2 Å². The average Bonchev–Trinajstić information content (AvgIpc) is 2.68. The number of nitro groups is 1. The summed E-state index contributed by atoms with van der Waals surface area (Å²) >= 11 is 0. The fourth-order valence-electron chi connectivity index (χ4n) is 3.66. The molecule has 1 aliphatic carbocycles. The zero-order valence-corrected chi connectivity index (χ0v) is 14.6. The number of benzene rings is 1. The molecule has 3 rings (SSSR count). The molecule has 7 nitrogen and oxygen atoms in total. The van der Waals surface area contributed by atoms with Crippen molar-refractivity contribution in [2.45, 2.75) is 32.1 Å². The number of amides is 2. The molecule has 0 unspecified atom stereocenters. The Bertz CT molecular complexity index is 725. The van der Waals surface area contributed by atoms with Crippen LogP contribution in [0.4, 0.5) is 11.4 Å². The molecule has 1 N–H and O–H groups in total. The van der Waals surface area contributed by atoms with E-state index in [2.05, 4.69) is 5.32 Å². The first-order chi connectivity index (χ1) is 12.6. The summed E-state index contributed by atoms with van der Waals surface area (Å²) in [5.74, 6) is -1.02. The van der Waals surface area contributed by atoms with Crippen molar-refractivity contribution in [3.63, 3.8) is 0 Å². The van der Waals surface area contributed by atoms with Gasteiger partial charge in [-0.25, -0.2) is 0 Å². The van der Waals surface area contributed by atoms with Gasteiger partial charge in [-0.3, -0.25) is 19.7 Å². The number of hydrogen-bond acceptors (Lipinski definition) is 4. The third-order valence-electron chi connectivity index (χ3n) is 5.08. The summed E-state index contributed by atoms with van der Waals surface area (Å²) in [7, 11) is 0. The predicted molar refractivity (Wildman–Crippen MR) is 97.5 cm³/mol. The first-order valence-corrected chi connectivity index (χ1v) is 9.05. The van der Waals surface area contributed by atoms with Gasteiger partial charge in [-0.05, 0) is 38.2 Å². The van der Waals surface area contributed by atoms with Crippen LogP contribution in [0.3, 0.4) is 0 Å². The van der Waals surface area contributed by atoms with Gasteiger partial charge in [0.1, 0.15) is 0 Å². The third kappa shape index (κ3) is 4.09. The molecule has 1 fully saturated rings. The Kier molecular flexibility index (Phi) is 5.65. The van der Waals surface area contributed by atoms with Gasteiger partial charge in [0.15, 0.2) is 0 Å². The van der Waals surface area contributed by atoms with Crippen molar-refractivity contribution in [1.82, 2.24) is 4.90 Å². The van der Waals surface area contributed by atoms with Crippen molar-refractivity contribution in [2.75, 3.05) is 18.4 Å². The quantitative estimate of drug-likeness (QED) is 0.509. The van der Waals surface area contributed by atoms with E-state index in [0.717, 1.165) is 32.4 Å². The Morgan fingerprint density at radius 2 is 1.77 bits per heavy atom. The van der Waals surface area contributed by atoms with Crippen LogP contribution >= 0.6 is 0 Å². The molecule has 1 saturated heterocycles. The first kappa shape index (κ1) is 18.1. The maximum atomic E-state index is 12.9. The van der Waals surface area contributed by atoms with E-state index in [0.29, 0.717) is 18.5 Å². The Balaban J connectivity index is 1.71. The molecule has 0 radical (unpaired) electrons. The summed E-state index contributed by atoms with van der Waals surface area (Å²) < 4.78 is 0. The number of hydrogen-bond donors (Lipinski definition) is 1. The Labute approximate surface area is 152 Å². The van der Waals surface area contributed by atoms with Crippen LogP contribution in [-0.2, 0) is 9.59 Å². The molecule has 2 atom stereocenters. The van der Waals surface area contributed by atoms with E-state index in [1.807, 2.05) is 17.1 Å². The highest BCUT2D eigenvalue weighted by Gasteiger charge is 2.36. The lowest BCUT2D eigenvalue weighted by atomic mass is 9.81. The number of anilines is 1. The minimum atomic E-state index is -0.498. The monoisotopic (exact) mass is 357 g/mol. The number of nitrogens with zero attached hydrogens (tertiary/aromatic N) is 2. The number of rotatable bonds is 4. The summed E-state index contributed by atoms with van der Waals surface area (Å²) in [5.41, 5.74) is 0.301. The number of nitro benzene ring substituents is 1. The smallest absolute Gasteiger partial charge is 0.271 e. The zero-order valence-electron chi connectivity index (χ0n) is 14.6. The van der Waals surface area contributed by atoms with Crippen molar-refractivity contribution in [3.05, 3.63) is 46.5 Å². The molecule has 0 bridgehead atoms. The van der Waals surface area contributed by atoms with Gasteiger partial charge in [0.25, 0.3) is 5.69 Å². The number of piperidine rings is 1. The fraction of sp³-hybridized carbons (Fsp3) is 0.474. The Hall–Kier alpha value is -2.70. The van der Waals surface area contributed by atoms with E-state index >= 15 is 0 Å². The van der Waals surface area contributed by atoms with Crippen LogP contribution in [0, 0.1) is 22.0 Å². The van der Waals surface area contributed by atoms with Crippen LogP contribution in [0.1, 0.15) is 32.1 Å². The van der Waals surface area contributed by atoms with Crippen LogP contribution in [0.5, 0.6) is 0 Å². The largest absolute Gasteiger partial charge is 0.342 e. The average molecular weight is 357 g/mol. The van der Waals surface area contributed by atoms with Crippen LogP contribution in [0.15, 0.2) is 36.4 Å². The van der Waals surface area contributed by atoms with Crippen molar-refractivity contribution in [1.29, 1.82) is 0 Å². The van der Waals surface area contributed by atoms with Crippen molar-refractivity contribution < 1.29 is 14.5 Å². The molecule has 1 heterocycles. The minimum Gasteiger partial charge on any atom is -0.342 e. The van der Waals surface area contributed by atoms with Crippen LogP contribution in [-0.4, -0.2) is 34.7 Å². The normalized spacial score (nSPS) is 22.7. The Morgan fingerprint density at radius 3 is 2.46 bits per heavy atom. The lowest BCUT2D eigenvalue weighted by Crippen LogP contribution is -2.45. The summed E-state index contributed by atoms with van der Waals surface area (Å²) in [5, 5.41) is 13.6. The molecule has 7 heteroatoms. The topological polar surface area (TPSA) is 92.5 Å². The Morgan fingerprint density at radius 1 is 1.08 bits per heavy atom. The van der Waals surface area contributed by atoms with Crippen LogP contribution in [0.25, 0.3) is 0 Å². The molecular formula is C19H23N3O4. The van der Waals surface area contributed by atoms with E-state index in [9.17, 15) is 19.7 Å². The SMILES string of the molecule is O=C(Nc1cccc([N+](=O)[O-])c1)[C@H]1CC=CC[C@H]1C(=O)N1CCCCC1. The molecule has 0 saturated carbocycles. The first-order valence-electron chi connectivity index (χ1n) is 9.05. The highest BCUT2D eigenvalue weighted by molar-refractivity contribution is 5.96. The summed E-state index contributed by atoms with van der Waals surface area (Å²) in [4.78, 5) is 37.9. The number of carbonyl (C=O) groups excluding carboxylic acids is 2. The van der Waals surface area contributed by atoms with E-state index in [4.69, 9.17) is 0 Å². The summed E-state index contributed by atoms with van der Waals surface area (Å²) in [6, 6.07) is 5.86. The van der Waals surface area contributed by atoms with Gasteiger partial charge >= 0.3 is 0 Å². The van der Waals surface area contributed by atoms with Crippen LogP contribution in [0.2, 0.25) is 0 Å². The van der Waals surface area contributed by atoms with Gasteiger partial charge < -0.3 is 10.2 Å². The maximum absolute atomic E-state index is 12.9. The number of nitrogens with one attached hydrogen (secondary N) is 1. The summed E-state index contributed by atoms with van der Waals surface area (Å²) in [6.07, 6.45) is 8.12. The number of likely N-dealkylation sites (tertiary alicyclic amines) is 1. The second kappa shape index (κ2) is 8.12. The molecular weight excluding hydrogens is 334 g/mol. The highest BCUT2D eigenvalue weighted by atomic mass is 16.6. The molecule has 1 aromatic rings. The molecule has 1 aliphatic heterocycles. The fourth-order valence-corrected chi connectivity index (χ4v) is 3.66. The molecule has 0 spiro atoms. The van der Waals surface area contributed by atoms with Crippen LogP contribution < -0.4 is 5.32 Å². The second-order valence-electron chi connectivity index (χ2n) is 6.84. The van der Waals surface area contributed by atoms with Crippen molar-refractivity contribution in [2.24, 2.45) is 11.8 Å². The van der Waals surface area contributed by atoms with E-state index in [-0.39, 0.29) is 23.4 Å². The number of allylic oxidation sites excluding steroid dienone is 2. The van der Waals surface area contributed by atoms with Gasteiger partial charge in [-0.1, -0.05) is 18.2 Å². The number of carbonyl (C=O) groups is 2. The minimum absolute atomic E-state index is 0.0493.